The largest absolute Gasteiger partial charge is 0.465 e. The van der Waals surface area contributed by atoms with Gasteiger partial charge in [-0.25, -0.2) is 0 Å². The molecule has 0 aliphatic carbocycles. The van der Waals surface area contributed by atoms with Crippen LogP contribution < -0.4 is 0 Å². The molecule has 0 atom stereocenters. The Hall–Kier alpha value is -1.99. The van der Waals surface area contributed by atoms with E-state index in [1.165, 1.54) is 11.3 Å². The van der Waals surface area contributed by atoms with E-state index in [1.807, 2.05) is 24.3 Å². The fourth-order valence-corrected chi connectivity index (χ4v) is 2.26. The Morgan fingerprint density at radius 2 is 2.39 bits per heavy atom. The van der Waals surface area contributed by atoms with Gasteiger partial charge in [-0.15, -0.1) is 10.2 Å². The molecule has 0 aromatic carbocycles. The second-order valence-corrected chi connectivity index (χ2v) is 4.52. The van der Waals surface area contributed by atoms with Crippen molar-refractivity contribution in [3.05, 3.63) is 35.0 Å². The van der Waals surface area contributed by atoms with Gasteiger partial charge < -0.3 is 9.15 Å². The Morgan fingerprint density at radius 3 is 3.17 bits per heavy atom. The molecule has 0 N–H and O–H groups in total. The normalized spacial score (nSPS) is 11.8. The molecule has 0 spiro atoms. The highest BCUT2D eigenvalue weighted by Gasteiger charge is 2.09. The standard InChI is InChI=1S/C11H10N4O2S/c1-16-7-9-12-13-11-15(9)14-10(18-11)5-4-8-3-2-6-17-8/h2-6H,7H2,1H3/b5-4+. The van der Waals surface area contributed by atoms with E-state index in [4.69, 9.17) is 9.15 Å². The van der Waals surface area contributed by atoms with Gasteiger partial charge in [0.2, 0.25) is 4.96 Å². The molecular formula is C11H10N4O2S. The fraction of sp³-hybridized carbons (Fsp3) is 0.182. The van der Waals surface area contributed by atoms with Crippen molar-refractivity contribution in [3.8, 4) is 0 Å². The molecule has 0 saturated carbocycles. The molecule has 0 radical (unpaired) electrons. The fourth-order valence-electron chi connectivity index (χ4n) is 1.50. The van der Waals surface area contributed by atoms with E-state index >= 15 is 0 Å². The highest BCUT2D eigenvalue weighted by Crippen LogP contribution is 2.17. The molecule has 0 bridgehead atoms. The first-order chi connectivity index (χ1) is 8.86. The molecule has 0 unspecified atom stereocenters. The smallest absolute Gasteiger partial charge is 0.235 e. The van der Waals surface area contributed by atoms with Gasteiger partial charge in [0.15, 0.2) is 5.82 Å². The number of aromatic nitrogens is 4. The topological polar surface area (TPSA) is 65.5 Å². The number of nitrogens with zero attached hydrogens (tertiary/aromatic N) is 4. The van der Waals surface area contributed by atoms with Crippen LogP contribution in [0, 0.1) is 0 Å². The number of rotatable bonds is 4. The van der Waals surface area contributed by atoms with Crippen LogP contribution in [0.1, 0.15) is 16.6 Å². The maximum atomic E-state index is 5.21. The molecule has 0 amide bonds. The zero-order valence-corrected chi connectivity index (χ0v) is 10.4. The van der Waals surface area contributed by atoms with Crippen LogP contribution in [0.5, 0.6) is 0 Å². The third-order valence-electron chi connectivity index (χ3n) is 2.28. The lowest BCUT2D eigenvalue weighted by Gasteiger charge is -1.91. The van der Waals surface area contributed by atoms with Gasteiger partial charge in [0.05, 0.1) is 6.26 Å². The summed E-state index contributed by atoms with van der Waals surface area (Å²) in [7, 11) is 1.62. The van der Waals surface area contributed by atoms with Crippen LogP contribution in [0.25, 0.3) is 17.1 Å². The molecule has 3 aromatic rings. The maximum Gasteiger partial charge on any atom is 0.235 e. The van der Waals surface area contributed by atoms with Gasteiger partial charge in [-0.05, 0) is 24.3 Å². The maximum absolute atomic E-state index is 5.21. The average Bonchev–Trinajstić information content (AvgIpc) is 3.04. The van der Waals surface area contributed by atoms with Gasteiger partial charge in [-0.2, -0.15) is 9.61 Å². The van der Waals surface area contributed by atoms with Crippen LogP contribution in [0.15, 0.2) is 22.8 Å². The van der Waals surface area contributed by atoms with Crippen molar-refractivity contribution in [3.63, 3.8) is 0 Å². The van der Waals surface area contributed by atoms with Gasteiger partial charge in [0, 0.05) is 7.11 Å². The molecule has 3 heterocycles. The van der Waals surface area contributed by atoms with Crippen LogP contribution in [0.2, 0.25) is 0 Å². The van der Waals surface area contributed by atoms with Crippen molar-refractivity contribution >= 4 is 28.4 Å². The zero-order valence-electron chi connectivity index (χ0n) is 9.61. The second kappa shape index (κ2) is 4.71. The summed E-state index contributed by atoms with van der Waals surface area (Å²) in [5.41, 5.74) is 0. The van der Waals surface area contributed by atoms with Crippen LogP contribution in [-0.2, 0) is 11.3 Å². The van der Waals surface area contributed by atoms with Crippen molar-refractivity contribution in [2.75, 3.05) is 7.11 Å². The molecule has 3 aromatic heterocycles. The molecule has 0 aliphatic rings. The minimum absolute atomic E-state index is 0.395. The number of hydrogen-bond donors (Lipinski definition) is 0. The third-order valence-corrected chi connectivity index (χ3v) is 3.14. The van der Waals surface area contributed by atoms with Gasteiger partial charge >= 0.3 is 0 Å². The summed E-state index contributed by atoms with van der Waals surface area (Å²) >= 11 is 1.46. The molecule has 0 fully saturated rings. The Labute approximate surface area is 107 Å². The van der Waals surface area contributed by atoms with Gasteiger partial charge in [0.1, 0.15) is 17.4 Å². The van der Waals surface area contributed by atoms with Gasteiger partial charge in [0.25, 0.3) is 0 Å². The third kappa shape index (κ3) is 2.05. The first-order valence-corrected chi connectivity index (χ1v) is 6.10. The lowest BCUT2D eigenvalue weighted by Crippen LogP contribution is -1.97. The second-order valence-electron chi connectivity index (χ2n) is 3.53. The van der Waals surface area contributed by atoms with Crippen molar-refractivity contribution in [2.24, 2.45) is 0 Å². The predicted octanol–water partition coefficient (Wildman–Crippen LogP) is 2.10. The number of furan rings is 1. The quantitative estimate of drug-likeness (QED) is 0.720. The monoisotopic (exact) mass is 262 g/mol. The van der Waals surface area contributed by atoms with E-state index in [0.717, 1.165) is 15.7 Å². The molecule has 7 heteroatoms. The van der Waals surface area contributed by atoms with Crippen molar-refractivity contribution in [1.29, 1.82) is 0 Å². The van der Waals surface area contributed by atoms with Crippen molar-refractivity contribution in [2.45, 2.75) is 6.61 Å². The zero-order chi connectivity index (χ0) is 12.4. The number of fused-ring (bicyclic) bond motifs is 1. The van der Waals surface area contributed by atoms with Crippen LogP contribution in [0.3, 0.4) is 0 Å². The lowest BCUT2D eigenvalue weighted by molar-refractivity contribution is 0.176. The summed E-state index contributed by atoms with van der Waals surface area (Å²) in [6.45, 7) is 0.395. The number of ether oxygens (including phenoxy) is 1. The lowest BCUT2D eigenvalue weighted by atomic mass is 10.4. The molecule has 6 nitrogen and oxygen atoms in total. The average molecular weight is 262 g/mol. The summed E-state index contributed by atoms with van der Waals surface area (Å²) < 4.78 is 11.9. The van der Waals surface area contributed by atoms with E-state index in [0.29, 0.717) is 12.4 Å². The van der Waals surface area contributed by atoms with E-state index < -0.39 is 0 Å². The molecule has 0 saturated heterocycles. The molecular weight excluding hydrogens is 252 g/mol. The Kier molecular flexibility index (Phi) is 2.91. The van der Waals surface area contributed by atoms with Gasteiger partial charge in [-0.3, -0.25) is 0 Å². The molecule has 92 valence electrons. The van der Waals surface area contributed by atoms with E-state index in [1.54, 1.807) is 17.9 Å². The molecule has 0 aliphatic heterocycles. The highest BCUT2D eigenvalue weighted by molar-refractivity contribution is 7.17. The summed E-state index contributed by atoms with van der Waals surface area (Å²) in [6, 6.07) is 3.72. The summed E-state index contributed by atoms with van der Waals surface area (Å²) in [4.78, 5) is 0.751. The SMILES string of the molecule is COCc1nnc2sc(/C=C/c3ccco3)nn12. The first-order valence-electron chi connectivity index (χ1n) is 5.28. The van der Waals surface area contributed by atoms with Crippen LogP contribution in [0.4, 0.5) is 0 Å². The van der Waals surface area contributed by atoms with E-state index in [2.05, 4.69) is 15.3 Å². The Bertz CT molecular complexity index is 668. The van der Waals surface area contributed by atoms with Crippen molar-refractivity contribution in [1.82, 2.24) is 19.8 Å². The predicted molar refractivity (Wildman–Crippen MR) is 67.0 cm³/mol. The Morgan fingerprint density at radius 1 is 1.44 bits per heavy atom. The first kappa shape index (κ1) is 11.1. The number of methoxy groups -OCH3 is 1. The summed E-state index contributed by atoms with van der Waals surface area (Å²) in [5, 5.41) is 13.3. The molecule has 18 heavy (non-hydrogen) atoms. The van der Waals surface area contributed by atoms with E-state index in [-0.39, 0.29) is 0 Å². The van der Waals surface area contributed by atoms with Crippen LogP contribution >= 0.6 is 11.3 Å². The molecule has 3 rings (SSSR count). The van der Waals surface area contributed by atoms with E-state index in [9.17, 15) is 0 Å². The minimum atomic E-state index is 0.395. The summed E-state index contributed by atoms with van der Waals surface area (Å²) in [5.74, 6) is 1.49. The number of hydrogen-bond acceptors (Lipinski definition) is 6. The van der Waals surface area contributed by atoms with Crippen LogP contribution in [-0.4, -0.2) is 26.9 Å². The highest BCUT2D eigenvalue weighted by atomic mass is 32.1. The summed E-state index contributed by atoms with van der Waals surface area (Å²) in [6.07, 6.45) is 5.38. The Balaban J connectivity index is 1.89. The van der Waals surface area contributed by atoms with Gasteiger partial charge in [-0.1, -0.05) is 11.3 Å². The van der Waals surface area contributed by atoms with Crippen molar-refractivity contribution < 1.29 is 9.15 Å². The minimum Gasteiger partial charge on any atom is -0.465 e.